The number of hydrogen-bond donors (Lipinski definition) is 0. The van der Waals surface area contributed by atoms with Crippen molar-refractivity contribution in [1.82, 2.24) is 0 Å². The van der Waals surface area contributed by atoms with Crippen LogP contribution in [0, 0.1) is 23.2 Å². The van der Waals surface area contributed by atoms with Gasteiger partial charge in [-0.2, -0.15) is 0 Å². The van der Waals surface area contributed by atoms with Gasteiger partial charge in [0.1, 0.15) is 12.4 Å². The third kappa shape index (κ3) is 5.74. The monoisotopic (exact) mass is 538 g/mol. The van der Waals surface area contributed by atoms with E-state index in [2.05, 4.69) is 92.7 Å². The van der Waals surface area contributed by atoms with Gasteiger partial charge in [-0.05, 0) is 115 Å². The minimum atomic E-state index is 0.252. The van der Waals surface area contributed by atoms with E-state index in [1.165, 1.54) is 48.8 Å². The van der Waals surface area contributed by atoms with Gasteiger partial charge < -0.3 is 14.2 Å². The van der Waals surface area contributed by atoms with Crippen LogP contribution in [0.25, 0.3) is 0 Å². The molecule has 3 aromatic rings. The van der Waals surface area contributed by atoms with Crippen molar-refractivity contribution in [3.05, 3.63) is 101 Å². The second kappa shape index (κ2) is 12.5. The van der Waals surface area contributed by atoms with Gasteiger partial charge in [0.2, 0.25) is 0 Å². The Hall–Kier alpha value is -2.62. The van der Waals surface area contributed by atoms with Crippen molar-refractivity contribution in [2.75, 3.05) is 13.2 Å². The number of fused-ring (bicyclic) bond motifs is 5. The average Bonchev–Trinajstić information content (AvgIpc) is 3.33. The van der Waals surface area contributed by atoms with Crippen LogP contribution >= 0.6 is 0 Å². The Labute approximate surface area is 241 Å². The zero-order chi connectivity index (χ0) is 27.4. The van der Waals surface area contributed by atoms with Gasteiger partial charge in [0, 0.05) is 13.2 Å². The predicted molar refractivity (Wildman–Crippen MR) is 161 cm³/mol. The normalized spacial score (nSPS) is 28.9. The summed E-state index contributed by atoms with van der Waals surface area (Å²) in [7, 11) is 0. The van der Waals surface area contributed by atoms with Crippen LogP contribution in [0.1, 0.15) is 80.5 Å². The van der Waals surface area contributed by atoms with Gasteiger partial charge in [-0.3, -0.25) is 0 Å². The van der Waals surface area contributed by atoms with Crippen molar-refractivity contribution in [3.8, 4) is 5.75 Å². The van der Waals surface area contributed by atoms with Gasteiger partial charge in [0.05, 0.1) is 12.7 Å². The first-order valence-electron chi connectivity index (χ1n) is 15.7. The number of rotatable bonds is 11. The van der Waals surface area contributed by atoms with Crippen LogP contribution in [0.15, 0.2) is 78.9 Å². The van der Waals surface area contributed by atoms with Gasteiger partial charge >= 0.3 is 0 Å². The third-order valence-corrected chi connectivity index (χ3v) is 10.3. The summed E-state index contributed by atoms with van der Waals surface area (Å²) in [4.78, 5) is 0. The largest absolute Gasteiger partial charge is 0.489 e. The average molecular weight is 539 g/mol. The minimum absolute atomic E-state index is 0.252. The lowest BCUT2D eigenvalue weighted by atomic mass is 9.51. The predicted octanol–water partition coefficient (Wildman–Crippen LogP) is 8.75. The summed E-state index contributed by atoms with van der Waals surface area (Å²) in [6.07, 6.45) is 8.93. The van der Waals surface area contributed by atoms with Gasteiger partial charge in [0.25, 0.3) is 0 Å². The maximum absolute atomic E-state index is 6.74. The highest BCUT2D eigenvalue weighted by atomic mass is 16.5. The molecule has 0 amide bonds. The molecule has 212 valence electrons. The molecule has 0 bridgehead atoms. The minimum Gasteiger partial charge on any atom is -0.489 e. The first kappa shape index (κ1) is 27.5. The Bertz CT molecular complexity index is 1220. The molecule has 2 fully saturated rings. The molecule has 3 aliphatic carbocycles. The van der Waals surface area contributed by atoms with E-state index in [-0.39, 0.29) is 5.41 Å². The van der Waals surface area contributed by atoms with E-state index < -0.39 is 0 Å². The summed E-state index contributed by atoms with van der Waals surface area (Å²) >= 11 is 0. The Morgan fingerprint density at radius 2 is 1.60 bits per heavy atom. The molecule has 40 heavy (non-hydrogen) atoms. The lowest BCUT2D eigenvalue weighted by Crippen LogP contribution is -2.48. The summed E-state index contributed by atoms with van der Waals surface area (Å²) in [5, 5.41) is 0. The van der Waals surface area contributed by atoms with E-state index in [0.717, 1.165) is 50.2 Å². The Kier molecular flexibility index (Phi) is 8.60. The van der Waals surface area contributed by atoms with Crippen molar-refractivity contribution in [1.29, 1.82) is 0 Å². The van der Waals surface area contributed by atoms with Crippen molar-refractivity contribution >= 4 is 0 Å². The third-order valence-electron chi connectivity index (χ3n) is 10.3. The summed E-state index contributed by atoms with van der Waals surface area (Å²) in [5.74, 6) is 3.79. The molecular formula is C37H46O3. The second-order valence-electron chi connectivity index (χ2n) is 12.6. The van der Waals surface area contributed by atoms with Crippen LogP contribution in [0.5, 0.6) is 5.75 Å². The summed E-state index contributed by atoms with van der Waals surface area (Å²) in [6.45, 7) is 7.70. The van der Waals surface area contributed by atoms with Crippen LogP contribution in [0.2, 0.25) is 0 Å². The SMILES string of the molecule is CCOCCC[C@H]1C[C@]2(C)C(OCc3ccccc3)CC[C@H]2[C@@H]2CCc3cc(OCc4ccccc4)ccc3[C@@H]12. The molecule has 0 aliphatic heterocycles. The Balaban J connectivity index is 1.22. The van der Waals surface area contributed by atoms with E-state index in [1.807, 2.05) is 0 Å². The van der Waals surface area contributed by atoms with Gasteiger partial charge in [-0.25, -0.2) is 0 Å². The molecule has 3 nitrogen and oxygen atoms in total. The first-order chi connectivity index (χ1) is 19.7. The standard InChI is InChI=1S/C37H46O3/c1-3-38-22-10-15-30-24-37(2)34(20-21-35(37)40-26-28-13-8-5-9-14-28)33-18-16-29-23-31(17-19-32(29)36(30)33)39-25-27-11-6-4-7-12-27/h4-9,11-14,17,19,23,30,33-36H,3,10,15-16,18,20-22,24-26H2,1-2H3/t30-,33-,34-,35?,36+,37-/m0/s1. The van der Waals surface area contributed by atoms with Crippen LogP contribution < -0.4 is 4.74 Å². The molecule has 3 heteroatoms. The van der Waals surface area contributed by atoms with Crippen molar-refractivity contribution in [3.63, 3.8) is 0 Å². The molecule has 0 heterocycles. The molecule has 0 radical (unpaired) electrons. The summed E-state index contributed by atoms with van der Waals surface area (Å²) in [5.41, 5.74) is 5.86. The quantitative estimate of drug-likeness (QED) is 0.228. The summed E-state index contributed by atoms with van der Waals surface area (Å²) < 4.78 is 18.8. The molecule has 2 saturated carbocycles. The van der Waals surface area contributed by atoms with Gasteiger partial charge in [-0.1, -0.05) is 73.7 Å². The van der Waals surface area contributed by atoms with E-state index in [4.69, 9.17) is 14.2 Å². The highest BCUT2D eigenvalue weighted by Crippen LogP contribution is 2.64. The van der Waals surface area contributed by atoms with E-state index in [9.17, 15) is 0 Å². The molecule has 1 unspecified atom stereocenters. The van der Waals surface area contributed by atoms with Crippen molar-refractivity contribution in [2.45, 2.75) is 84.0 Å². The van der Waals surface area contributed by atoms with Crippen LogP contribution in [-0.2, 0) is 29.1 Å². The zero-order valence-corrected chi connectivity index (χ0v) is 24.4. The summed E-state index contributed by atoms with van der Waals surface area (Å²) in [6, 6.07) is 28.2. The van der Waals surface area contributed by atoms with Gasteiger partial charge in [-0.15, -0.1) is 0 Å². The second-order valence-corrected chi connectivity index (χ2v) is 12.6. The van der Waals surface area contributed by atoms with Crippen LogP contribution in [-0.4, -0.2) is 19.3 Å². The lowest BCUT2D eigenvalue weighted by Gasteiger charge is -2.54. The first-order valence-corrected chi connectivity index (χ1v) is 15.7. The molecular weight excluding hydrogens is 492 g/mol. The fraction of sp³-hybridized carbons (Fsp3) is 0.514. The van der Waals surface area contributed by atoms with E-state index in [1.54, 1.807) is 5.56 Å². The van der Waals surface area contributed by atoms with Crippen LogP contribution in [0.4, 0.5) is 0 Å². The van der Waals surface area contributed by atoms with Gasteiger partial charge in [0.15, 0.2) is 0 Å². The molecule has 0 saturated heterocycles. The highest BCUT2D eigenvalue weighted by molar-refractivity contribution is 5.41. The maximum Gasteiger partial charge on any atom is 0.120 e. The molecule has 0 spiro atoms. The fourth-order valence-electron chi connectivity index (χ4n) is 8.57. The number of benzene rings is 3. The molecule has 0 aromatic heterocycles. The Morgan fingerprint density at radius 1 is 0.850 bits per heavy atom. The highest BCUT2D eigenvalue weighted by Gasteiger charge is 2.58. The topological polar surface area (TPSA) is 27.7 Å². The lowest BCUT2D eigenvalue weighted by molar-refractivity contribution is -0.0882. The van der Waals surface area contributed by atoms with Crippen molar-refractivity contribution in [2.24, 2.45) is 23.2 Å². The number of ether oxygens (including phenoxy) is 3. The smallest absolute Gasteiger partial charge is 0.120 e. The van der Waals surface area contributed by atoms with E-state index in [0.29, 0.717) is 24.5 Å². The van der Waals surface area contributed by atoms with Crippen LogP contribution in [0.3, 0.4) is 0 Å². The Morgan fingerprint density at radius 3 is 2.35 bits per heavy atom. The maximum atomic E-state index is 6.74. The number of hydrogen-bond acceptors (Lipinski definition) is 3. The zero-order valence-electron chi connectivity index (χ0n) is 24.4. The molecule has 3 aliphatic rings. The molecule has 6 rings (SSSR count). The molecule has 3 aromatic carbocycles. The molecule has 0 N–H and O–H groups in total. The van der Waals surface area contributed by atoms with E-state index >= 15 is 0 Å². The number of aryl methyl sites for hydroxylation is 1. The fourth-order valence-corrected chi connectivity index (χ4v) is 8.57. The molecule has 6 atom stereocenters. The van der Waals surface area contributed by atoms with Crippen molar-refractivity contribution < 1.29 is 14.2 Å².